The van der Waals surface area contributed by atoms with Gasteiger partial charge in [0.25, 0.3) is 0 Å². The molecular weight excluding hydrogens is 180 g/mol. The highest BCUT2D eigenvalue weighted by atomic mass is 16.5. The Hall–Kier alpha value is -0.610. The predicted octanol–water partition coefficient (Wildman–Crippen LogP) is 0.333. The predicted molar refractivity (Wildman–Crippen MR) is 52.8 cm³/mol. The Morgan fingerprint density at radius 1 is 1.57 bits per heavy atom. The maximum Gasteiger partial charge on any atom is 0.244 e. The quantitative estimate of drug-likeness (QED) is 0.710. The number of methoxy groups -OCH3 is 1. The van der Waals surface area contributed by atoms with E-state index in [4.69, 9.17) is 4.74 Å². The molecule has 1 N–H and O–H groups in total. The number of nitrogens with zero attached hydrogens (tertiary/aromatic N) is 1. The van der Waals surface area contributed by atoms with Gasteiger partial charge in [-0.15, -0.1) is 0 Å². The maximum atomic E-state index is 11.9. The minimum atomic E-state index is -0.252. The molecule has 1 saturated heterocycles. The Morgan fingerprint density at radius 2 is 2.21 bits per heavy atom. The first-order chi connectivity index (χ1) is 6.49. The topological polar surface area (TPSA) is 41.6 Å². The Kier molecular flexibility index (Phi) is 2.08. The largest absolute Gasteiger partial charge is 0.377 e. The second kappa shape index (κ2) is 2.94. The van der Waals surface area contributed by atoms with Crippen molar-refractivity contribution in [2.75, 3.05) is 20.3 Å². The van der Waals surface area contributed by atoms with E-state index in [2.05, 4.69) is 5.32 Å². The van der Waals surface area contributed by atoms with Crippen molar-refractivity contribution in [3.8, 4) is 0 Å². The SMILES string of the molecule is COC(C)(C)CN1CNC2(CC2)C1=O. The van der Waals surface area contributed by atoms with Gasteiger partial charge in [-0.2, -0.15) is 0 Å². The third-order valence-electron chi connectivity index (χ3n) is 3.18. The van der Waals surface area contributed by atoms with Crippen molar-refractivity contribution in [1.82, 2.24) is 10.2 Å². The van der Waals surface area contributed by atoms with Crippen molar-refractivity contribution in [3.63, 3.8) is 0 Å². The summed E-state index contributed by atoms with van der Waals surface area (Å²) in [6.07, 6.45) is 1.99. The third kappa shape index (κ3) is 1.53. The van der Waals surface area contributed by atoms with Crippen LogP contribution < -0.4 is 5.32 Å². The summed E-state index contributed by atoms with van der Waals surface area (Å²) in [4.78, 5) is 13.7. The van der Waals surface area contributed by atoms with E-state index in [1.807, 2.05) is 18.7 Å². The zero-order valence-electron chi connectivity index (χ0n) is 9.09. The highest BCUT2D eigenvalue weighted by molar-refractivity contribution is 5.91. The van der Waals surface area contributed by atoms with Crippen LogP contribution in [0.5, 0.6) is 0 Å². The molecule has 4 heteroatoms. The van der Waals surface area contributed by atoms with Crippen molar-refractivity contribution < 1.29 is 9.53 Å². The number of ether oxygens (including phenoxy) is 1. The first-order valence-corrected chi connectivity index (χ1v) is 5.09. The van der Waals surface area contributed by atoms with E-state index >= 15 is 0 Å². The summed E-state index contributed by atoms with van der Waals surface area (Å²) in [5.74, 6) is 0.252. The zero-order chi connectivity index (χ0) is 10.4. The smallest absolute Gasteiger partial charge is 0.244 e. The molecule has 1 heterocycles. The number of nitrogens with one attached hydrogen (secondary N) is 1. The van der Waals surface area contributed by atoms with Gasteiger partial charge in [-0.1, -0.05) is 0 Å². The molecule has 2 aliphatic rings. The van der Waals surface area contributed by atoms with Crippen molar-refractivity contribution in [2.24, 2.45) is 0 Å². The summed E-state index contributed by atoms with van der Waals surface area (Å²) >= 11 is 0. The minimum Gasteiger partial charge on any atom is -0.377 e. The third-order valence-corrected chi connectivity index (χ3v) is 3.18. The molecule has 0 radical (unpaired) electrons. The Balaban J connectivity index is 1.97. The number of carbonyl (C=O) groups is 1. The van der Waals surface area contributed by atoms with Crippen molar-refractivity contribution in [3.05, 3.63) is 0 Å². The van der Waals surface area contributed by atoms with Gasteiger partial charge in [0, 0.05) is 7.11 Å². The van der Waals surface area contributed by atoms with Crippen LogP contribution in [0, 0.1) is 0 Å². The molecule has 2 rings (SSSR count). The summed E-state index contributed by atoms with van der Waals surface area (Å²) in [6, 6.07) is 0. The first kappa shape index (κ1) is 9.93. The fraction of sp³-hybridized carbons (Fsp3) is 0.900. The molecule has 1 aliphatic heterocycles. The lowest BCUT2D eigenvalue weighted by molar-refractivity contribution is -0.132. The van der Waals surface area contributed by atoms with Crippen LogP contribution in [-0.2, 0) is 9.53 Å². The van der Waals surface area contributed by atoms with Gasteiger partial charge < -0.3 is 9.64 Å². The molecule has 1 spiro atoms. The molecule has 0 unspecified atom stereocenters. The fourth-order valence-electron chi connectivity index (χ4n) is 1.86. The molecule has 1 amide bonds. The molecule has 1 saturated carbocycles. The van der Waals surface area contributed by atoms with E-state index in [1.165, 1.54) is 0 Å². The zero-order valence-corrected chi connectivity index (χ0v) is 9.09. The average molecular weight is 198 g/mol. The molecule has 1 aliphatic carbocycles. The summed E-state index contributed by atoms with van der Waals surface area (Å²) in [7, 11) is 1.68. The lowest BCUT2D eigenvalue weighted by Crippen LogP contribution is -2.42. The highest BCUT2D eigenvalue weighted by Crippen LogP contribution is 2.40. The van der Waals surface area contributed by atoms with Crippen LogP contribution in [0.15, 0.2) is 0 Å². The fourth-order valence-corrected chi connectivity index (χ4v) is 1.86. The Bertz CT molecular complexity index is 259. The van der Waals surface area contributed by atoms with E-state index in [0.29, 0.717) is 13.2 Å². The number of rotatable bonds is 3. The maximum absolute atomic E-state index is 11.9. The summed E-state index contributed by atoms with van der Waals surface area (Å²) in [6.45, 7) is 5.33. The van der Waals surface area contributed by atoms with Crippen LogP contribution in [0.25, 0.3) is 0 Å². The molecule has 2 fully saturated rings. The number of hydrogen-bond donors (Lipinski definition) is 1. The minimum absolute atomic E-state index is 0.177. The van der Waals surface area contributed by atoms with Gasteiger partial charge in [0.05, 0.1) is 24.4 Å². The molecule has 0 atom stereocenters. The van der Waals surface area contributed by atoms with Gasteiger partial charge >= 0.3 is 0 Å². The lowest BCUT2D eigenvalue weighted by atomic mass is 10.1. The number of hydrogen-bond acceptors (Lipinski definition) is 3. The van der Waals surface area contributed by atoms with Gasteiger partial charge in [-0.05, 0) is 26.7 Å². The molecule has 4 nitrogen and oxygen atoms in total. The van der Waals surface area contributed by atoms with Crippen LogP contribution in [0.2, 0.25) is 0 Å². The van der Waals surface area contributed by atoms with Crippen LogP contribution in [0.3, 0.4) is 0 Å². The van der Waals surface area contributed by atoms with Crippen LogP contribution in [0.1, 0.15) is 26.7 Å². The molecular formula is C10H18N2O2. The van der Waals surface area contributed by atoms with Crippen molar-refractivity contribution >= 4 is 5.91 Å². The van der Waals surface area contributed by atoms with Gasteiger partial charge in [-0.25, -0.2) is 0 Å². The summed E-state index contributed by atoms with van der Waals surface area (Å²) in [5.41, 5.74) is -0.429. The lowest BCUT2D eigenvalue weighted by Gasteiger charge is -2.28. The Morgan fingerprint density at radius 3 is 2.64 bits per heavy atom. The van der Waals surface area contributed by atoms with E-state index in [-0.39, 0.29) is 17.0 Å². The van der Waals surface area contributed by atoms with Crippen LogP contribution in [0.4, 0.5) is 0 Å². The van der Waals surface area contributed by atoms with Gasteiger partial charge in [-0.3, -0.25) is 10.1 Å². The van der Waals surface area contributed by atoms with Crippen LogP contribution >= 0.6 is 0 Å². The first-order valence-electron chi connectivity index (χ1n) is 5.09. The van der Waals surface area contributed by atoms with Crippen LogP contribution in [-0.4, -0.2) is 42.3 Å². The molecule has 0 aromatic rings. The summed E-state index contributed by atoms with van der Waals surface area (Å²) in [5, 5.41) is 3.27. The molecule has 0 aromatic carbocycles. The van der Waals surface area contributed by atoms with E-state index in [9.17, 15) is 4.79 Å². The van der Waals surface area contributed by atoms with E-state index < -0.39 is 0 Å². The summed E-state index contributed by atoms with van der Waals surface area (Å²) < 4.78 is 5.31. The normalized spacial score (nSPS) is 24.8. The van der Waals surface area contributed by atoms with Gasteiger partial charge in [0.2, 0.25) is 5.91 Å². The molecule has 0 aromatic heterocycles. The van der Waals surface area contributed by atoms with Gasteiger partial charge in [0.15, 0.2) is 0 Å². The van der Waals surface area contributed by atoms with E-state index in [0.717, 1.165) is 12.8 Å². The molecule has 0 bridgehead atoms. The number of carbonyl (C=O) groups excluding carboxylic acids is 1. The van der Waals surface area contributed by atoms with Crippen molar-refractivity contribution in [2.45, 2.75) is 37.8 Å². The average Bonchev–Trinajstić information content (AvgIpc) is 2.86. The van der Waals surface area contributed by atoms with E-state index in [1.54, 1.807) is 7.11 Å². The highest BCUT2D eigenvalue weighted by Gasteiger charge is 2.56. The monoisotopic (exact) mass is 198 g/mol. The van der Waals surface area contributed by atoms with Gasteiger partial charge in [0.1, 0.15) is 0 Å². The standard InChI is InChI=1S/C10H18N2O2/c1-9(2,14-3)6-12-7-11-10(4-5-10)8(12)13/h11H,4-7H2,1-3H3. The second-order valence-corrected chi connectivity index (χ2v) is 4.88. The number of amides is 1. The second-order valence-electron chi connectivity index (χ2n) is 4.88. The molecule has 80 valence electrons. The molecule has 14 heavy (non-hydrogen) atoms. The van der Waals surface area contributed by atoms with Crippen molar-refractivity contribution in [1.29, 1.82) is 0 Å². The Labute approximate surface area is 84.6 Å².